The second-order valence-electron chi connectivity index (χ2n) is 7.01. The first kappa shape index (κ1) is 23.3. The van der Waals surface area contributed by atoms with E-state index in [1.54, 1.807) is 24.3 Å². The van der Waals surface area contributed by atoms with Crippen LogP contribution in [0.4, 0.5) is 5.69 Å². The van der Waals surface area contributed by atoms with Gasteiger partial charge < -0.3 is 14.8 Å². The number of sulfonamides is 1. The Labute approximate surface area is 188 Å². The summed E-state index contributed by atoms with van der Waals surface area (Å²) in [6.45, 7) is -0.179. The molecule has 0 atom stereocenters. The van der Waals surface area contributed by atoms with Gasteiger partial charge in [0.15, 0.2) is 11.5 Å². The van der Waals surface area contributed by atoms with E-state index in [0.717, 1.165) is 5.56 Å². The standard InChI is InChI=1S/C24H26N2O5S/c1-30-22-14-13-21(17-23(22)31-2)32(28,29)26(16-15-19-9-5-3-6-10-19)18-24(27)25-20-11-7-4-8-12-20/h3-14,17H,15-16,18H2,1-2H3,(H,25,27). The Bertz CT molecular complexity index is 1140. The van der Waals surface area contributed by atoms with Gasteiger partial charge in [0.1, 0.15) is 0 Å². The number of methoxy groups -OCH3 is 2. The molecule has 0 fully saturated rings. The molecule has 0 unspecified atom stereocenters. The molecule has 0 radical (unpaired) electrons. The lowest BCUT2D eigenvalue weighted by Crippen LogP contribution is -2.39. The highest BCUT2D eigenvalue weighted by Crippen LogP contribution is 2.30. The van der Waals surface area contributed by atoms with Crippen molar-refractivity contribution < 1.29 is 22.7 Å². The molecule has 3 rings (SSSR count). The van der Waals surface area contributed by atoms with Gasteiger partial charge in [-0.15, -0.1) is 0 Å². The smallest absolute Gasteiger partial charge is 0.243 e. The molecule has 0 spiro atoms. The van der Waals surface area contributed by atoms with Crippen LogP contribution in [-0.4, -0.2) is 45.9 Å². The van der Waals surface area contributed by atoms with E-state index in [4.69, 9.17) is 9.47 Å². The van der Waals surface area contributed by atoms with Gasteiger partial charge in [0.05, 0.1) is 25.7 Å². The van der Waals surface area contributed by atoms with Gasteiger partial charge in [-0.3, -0.25) is 4.79 Å². The number of hydrogen-bond acceptors (Lipinski definition) is 5. The summed E-state index contributed by atoms with van der Waals surface area (Å²) < 4.78 is 38.6. The van der Waals surface area contributed by atoms with Crippen LogP contribution in [-0.2, 0) is 21.2 Å². The second kappa shape index (κ2) is 10.8. The molecule has 3 aromatic carbocycles. The molecule has 0 heterocycles. The number of nitrogens with one attached hydrogen (secondary N) is 1. The minimum Gasteiger partial charge on any atom is -0.493 e. The number of benzene rings is 3. The first-order valence-corrected chi connectivity index (χ1v) is 11.5. The Morgan fingerprint density at radius 2 is 1.50 bits per heavy atom. The van der Waals surface area contributed by atoms with Gasteiger partial charge in [0.25, 0.3) is 0 Å². The molecule has 0 aliphatic heterocycles. The molecule has 8 heteroatoms. The Kier molecular flexibility index (Phi) is 7.86. The maximum atomic E-state index is 13.5. The zero-order valence-electron chi connectivity index (χ0n) is 18.0. The number of carbonyl (C=O) groups is 1. The lowest BCUT2D eigenvalue weighted by Gasteiger charge is -2.22. The topological polar surface area (TPSA) is 84.9 Å². The molecule has 1 N–H and O–H groups in total. The fourth-order valence-electron chi connectivity index (χ4n) is 3.19. The first-order chi connectivity index (χ1) is 15.4. The van der Waals surface area contributed by atoms with Gasteiger partial charge in [0, 0.05) is 18.3 Å². The molecule has 0 bridgehead atoms. The zero-order valence-corrected chi connectivity index (χ0v) is 18.8. The fourth-order valence-corrected chi connectivity index (χ4v) is 4.60. The van der Waals surface area contributed by atoms with Crippen molar-refractivity contribution in [1.82, 2.24) is 4.31 Å². The molecule has 0 aliphatic carbocycles. The summed E-state index contributed by atoms with van der Waals surface area (Å²) in [5.74, 6) is 0.294. The average molecular weight is 455 g/mol. The van der Waals surface area contributed by atoms with Crippen molar-refractivity contribution in [3.8, 4) is 11.5 Å². The molecule has 32 heavy (non-hydrogen) atoms. The van der Waals surface area contributed by atoms with E-state index in [1.165, 1.54) is 36.7 Å². The van der Waals surface area contributed by atoms with Crippen LogP contribution in [0.2, 0.25) is 0 Å². The van der Waals surface area contributed by atoms with E-state index >= 15 is 0 Å². The lowest BCUT2D eigenvalue weighted by atomic mass is 10.1. The van der Waals surface area contributed by atoms with Crippen LogP contribution in [0.5, 0.6) is 11.5 Å². The number of ether oxygens (including phenoxy) is 2. The number of carbonyl (C=O) groups excluding carboxylic acids is 1. The van der Waals surface area contributed by atoms with Crippen molar-refractivity contribution in [3.63, 3.8) is 0 Å². The van der Waals surface area contributed by atoms with E-state index in [1.807, 2.05) is 36.4 Å². The highest BCUT2D eigenvalue weighted by molar-refractivity contribution is 7.89. The maximum Gasteiger partial charge on any atom is 0.243 e. The first-order valence-electron chi connectivity index (χ1n) is 10.0. The molecule has 168 valence electrons. The molecular formula is C24H26N2O5S. The van der Waals surface area contributed by atoms with Crippen LogP contribution < -0.4 is 14.8 Å². The number of hydrogen-bond donors (Lipinski definition) is 1. The van der Waals surface area contributed by atoms with Crippen molar-refractivity contribution in [2.75, 3.05) is 32.6 Å². The summed E-state index contributed by atoms with van der Waals surface area (Å²) in [5.41, 5.74) is 1.58. The highest BCUT2D eigenvalue weighted by atomic mass is 32.2. The monoisotopic (exact) mass is 454 g/mol. The Morgan fingerprint density at radius 3 is 2.12 bits per heavy atom. The van der Waals surface area contributed by atoms with Gasteiger partial charge in [-0.1, -0.05) is 48.5 Å². The lowest BCUT2D eigenvalue weighted by molar-refractivity contribution is -0.116. The fraction of sp³-hybridized carbons (Fsp3) is 0.208. The average Bonchev–Trinajstić information content (AvgIpc) is 2.82. The molecule has 1 amide bonds. The van der Waals surface area contributed by atoms with Crippen LogP contribution >= 0.6 is 0 Å². The van der Waals surface area contributed by atoms with Gasteiger partial charge in [-0.2, -0.15) is 4.31 Å². The van der Waals surface area contributed by atoms with Crippen molar-refractivity contribution in [1.29, 1.82) is 0 Å². The number of nitrogens with zero attached hydrogens (tertiary/aromatic N) is 1. The molecule has 0 saturated heterocycles. The quantitative estimate of drug-likeness (QED) is 0.506. The van der Waals surface area contributed by atoms with Crippen LogP contribution in [0.1, 0.15) is 5.56 Å². The summed E-state index contributed by atoms with van der Waals surface area (Å²) in [6, 6.07) is 22.8. The maximum absolute atomic E-state index is 13.5. The van der Waals surface area contributed by atoms with Crippen molar-refractivity contribution in [3.05, 3.63) is 84.4 Å². The number of amides is 1. The van der Waals surface area contributed by atoms with Gasteiger partial charge in [0.2, 0.25) is 15.9 Å². The van der Waals surface area contributed by atoms with Gasteiger partial charge in [-0.25, -0.2) is 8.42 Å². The summed E-state index contributed by atoms with van der Waals surface area (Å²) in [7, 11) is -1.06. The van der Waals surface area contributed by atoms with Crippen molar-refractivity contribution in [2.45, 2.75) is 11.3 Å². The predicted octanol–water partition coefficient (Wildman–Crippen LogP) is 3.58. The minimum absolute atomic E-state index is 0.0238. The van der Waals surface area contributed by atoms with E-state index in [2.05, 4.69) is 5.32 Å². The van der Waals surface area contributed by atoms with Gasteiger partial charge >= 0.3 is 0 Å². The summed E-state index contributed by atoms with van der Waals surface area (Å²) >= 11 is 0. The van der Waals surface area contributed by atoms with Crippen molar-refractivity contribution >= 4 is 21.6 Å². The normalized spacial score (nSPS) is 11.2. The predicted molar refractivity (Wildman–Crippen MR) is 124 cm³/mol. The molecule has 0 aliphatic rings. The van der Waals surface area contributed by atoms with E-state index in [0.29, 0.717) is 23.6 Å². The SMILES string of the molecule is COc1ccc(S(=O)(=O)N(CCc2ccccc2)CC(=O)Nc2ccccc2)cc1OC. The molecular weight excluding hydrogens is 428 g/mol. The highest BCUT2D eigenvalue weighted by Gasteiger charge is 2.27. The van der Waals surface area contributed by atoms with Crippen LogP contribution in [0.25, 0.3) is 0 Å². The van der Waals surface area contributed by atoms with E-state index in [-0.39, 0.29) is 18.0 Å². The van der Waals surface area contributed by atoms with Gasteiger partial charge in [-0.05, 0) is 36.2 Å². The minimum atomic E-state index is -3.98. The van der Waals surface area contributed by atoms with E-state index in [9.17, 15) is 13.2 Å². The zero-order chi connectivity index (χ0) is 23.0. The van der Waals surface area contributed by atoms with Crippen LogP contribution in [0.3, 0.4) is 0 Å². The molecule has 0 saturated carbocycles. The summed E-state index contributed by atoms with van der Waals surface area (Å²) in [4.78, 5) is 12.7. The third-order valence-corrected chi connectivity index (χ3v) is 6.70. The van der Waals surface area contributed by atoms with Crippen LogP contribution in [0, 0.1) is 0 Å². The largest absolute Gasteiger partial charge is 0.493 e. The molecule has 7 nitrogen and oxygen atoms in total. The number of anilines is 1. The van der Waals surface area contributed by atoms with Crippen molar-refractivity contribution in [2.24, 2.45) is 0 Å². The Hall–Kier alpha value is -3.36. The third kappa shape index (κ3) is 5.87. The second-order valence-corrected chi connectivity index (χ2v) is 8.94. The summed E-state index contributed by atoms with van der Waals surface area (Å²) in [5, 5.41) is 2.75. The Morgan fingerprint density at radius 1 is 0.875 bits per heavy atom. The number of rotatable bonds is 10. The van der Waals surface area contributed by atoms with Crippen LogP contribution in [0.15, 0.2) is 83.8 Å². The third-order valence-electron chi connectivity index (χ3n) is 4.86. The summed E-state index contributed by atoms with van der Waals surface area (Å²) in [6.07, 6.45) is 0.464. The molecule has 0 aromatic heterocycles. The Balaban J connectivity index is 1.86. The molecule has 3 aromatic rings. The van der Waals surface area contributed by atoms with E-state index < -0.39 is 15.9 Å². The number of para-hydroxylation sites is 1.